The third-order valence-corrected chi connectivity index (χ3v) is 5.51. The summed E-state index contributed by atoms with van der Waals surface area (Å²) in [5.41, 5.74) is 0. The average Bonchev–Trinajstić information content (AvgIpc) is 2.87. The Labute approximate surface area is 115 Å². The van der Waals surface area contributed by atoms with Crippen molar-refractivity contribution in [2.24, 2.45) is 5.92 Å². The lowest BCUT2D eigenvalue weighted by Crippen LogP contribution is -2.38. The molecule has 1 N–H and O–H groups in total. The Hall–Kier alpha value is -0.610. The minimum atomic E-state index is 0.397. The van der Waals surface area contributed by atoms with Crippen molar-refractivity contribution in [3.05, 3.63) is 11.1 Å². The Morgan fingerprint density at radius 2 is 2.17 bits per heavy atom. The molecule has 3 atom stereocenters. The topological polar surface area (TPSA) is 28.2 Å². The molecule has 1 aliphatic carbocycles. The first-order valence-corrected chi connectivity index (χ1v) is 7.81. The number of nitrogens with zero attached hydrogens (tertiary/aromatic N) is 2. The van der Waals surface area contributed by atoms with Crippen LogP contribution in [0.1, 0.15) is 50.4 Å². The van der Waals surface area contributed by atoms with Crippen LogP contribution < -0.4 is 10.2 Å². The van der Waals surface area contributed by atoms with Crippen LogP contribution in [0.15, 0.2) is 6.20 Å². The van der Waals surface area contributed by atoms with Crippen LogP contribution in [0.2, 0.25) is 0 Å². The molecule has 102 valence electrons. The van der Waals surface area contributed by atoms with Crippen LogP contribution in [0, 0.1) is 5.92 Å². The molecule has 1 aliphatic rings. The highest BCUT2D eigenvalue weighted by Gasteiger charge is 2.26. The number of hydrogen-bond acceptors (Lipinski definition) is 4. The number of hydrogen-bond donors (Lipinski definition) is 1. The van der Waals surface area contributed by atoms with E-state index >= 15 is 0 Å². The maximum Gasteiger partial charge on any atom is 0.185 e. The van der Waals surface area contributed by atoms with E-state index in [9.17, 15) is 0 Å². The van der Waals surface area contributed by atoms with Crippen molar-refractivity contribution in [2.75, 3.05) is 19.0 Å². The van der Waals surface area contributed by atoms with Gasteiger partial charge < -0.3 is 10.2 Å². The van der Waals surface area contributed by atoms with Crippen LogP contribution in [-0.2, 0) is 0 Å². The fraction of sp³-hybridized carbons (Fsp3) is 0.786. The monoisotopic (exact) mass is 267 g/mol. The van der Waals surface area contributed by atoms with Gasteiger partial charge in [-0.15, -0.1) is 11.3 Å². The lowest BCUT2D eigenvalue weighted by Gasteiger charge is -2.36. The summed E-state index contributed by atoms with van der Waals surface area (Å²) >= 11 is 1.82. The molecule has 0 aliphatic heterocycles. The highest BCUT2D eigenvalue weighted by Crippen LogP contribution is 2.33. The zero-order chi connectivity index (χ0) is 13.1. The third-order valence-electron chi connectivity index (χ3n) is 4.24. The molecule has 1 heterocycles. The second-order valence-corrected chi connectivity index (χ2v) is 6.54. The fourth-order valence-electron chi connectivity index (χ4n) is 2.80. The highest BCUT2D eigenvalue weighted by molar-refractivity contribution is 7.15. The van der Waals surface area contributed by atoms with Gasteiger partial charge in [0.2, 0.25) is 0 Å². The number of nitrogens with one attached hydrogen (secondary N) is 1. The van der Waals surface area contributed by atoms with Gasteiger partial charge in [0.1, 0.15) is 0 Å². The van der Waals surface area contributed by atoms with Gasteiger partial charge in [-0.3, -0.25) is 0 Å². The fourth-order valence-corrected chi connectivity index (χ4v) is 3.79. The second kappa shape index (κ2) is 6.02. The molecule has 1 aromatic rings. The van der Waals surface area contributed by atoms with E-state index in [2.05, 4.69) is 36.1 Å². The summed E-state index contributed by atoms with van der Waals surface area (Å²) < 4.78 is 0. The molecule has 0 amide bonds. The van der Waals surface area contributed by atoms with Crippen molar-refractivity contribution in [2.45, 2.75) is 51.6 Å². The minimum Gasteiger partial charge on any atom is -0.348 e. The molecule has 0 aromatic carbocycles. The Morgan fingerprint density at radius 1 is 1.44 bits per heavy atom. The van der Waals surface area contributed by atoms with Gasteiger partial charge in [0.05, 0.1) is 0 Å². The highest BCUT2D eigenvalue weighted by atomic mass is 32.1. The van der Waals surface area contributed by atoms with Crippen molar-refractivity contribution in [1.82, 2.24) is 10.3 Å². The standard InChI is InChI=1S/C14H25N3S/c1-10-7-5-6-8-12(10)17(4)14-16-9-13(18-14)11(2)15-3/h9-12,15H,5-8H2,1-4H3. The maximum atomic E-state index is 4.60. The predicted octanol–water partition coefficient (Wildman–Crippen LogP) is 3.44. The van der Waals surface area contributed by atoms with Gasteiger partial charge in [-0.1, -0.05) is 19.8 Å². The lowest BCUT2D eigenvalue weighted by atomic mass is 9.85. The largest absolute Gasteiger partial charge is 0.348 e. The van der Waals surface area contributed by atoms with Gasteiger partial charge in [0, 0.05) is 30.2 Å². The van der Waals surface area contributed by atoms with Crippen LogP contribution in [0.5, 0.6) is 0 Å². The first kappa shape index (κ1) is 13.8. The van der Waals surface area contributed by atoms with Crippen molar-refractivity contribution in [3.8, 4) is 0 Å². The number of rotatable bonds is 4. The van der Waals surface area contributed by atoms with Crippen LogP contribution >= 0.6 is 11.3 Å². The molecule has 0 radical (unpaired) electrons. The van der Waals surface area contributed by atoms with Gasteiger partial charge >= 0.3 is 0 Å². The molecule has 4 heteroatoms. The minimum absolute atomic E-state index is 0.397. The lowest BCUT2D eigenvalue weighted by molar-refractivity contribution is 0.321. The molecule has 3 unspecified atom stereocenters. The average molecular weight is 267 g/mol. The zero-order valence-electron chi connectivity index (χ0n) is 11.9. The van der Waals surface area contributed by atoms with Crippen LogP contribution in [0.25, 0.3) is 0 Å². The molecule has 0 spiro atoms. The Balaban J connectivity index is 2.08. The molecule has 1 aromatic heterocycles. The summed E-state index contributed by atoms with van der Waals surface area (Å²) in [6.07, 6.45) is 7.45. The third kappa shape index (κ3) is 2.86. The number of aromatic nitrogens is 1. The Kier molecular flexibility index (Phi) is 4.62. The van der Waals surface area contributed by atoms with Crippen LogP contribution in [-0.4, -0.2) is 25.1 Å². The van der Waals surface area contributed by atoms with Gasteiger partial charge in [-0.25, -0.2) is 4.98 Å². The van der Waals surface area contributed by atoms with Crippen molar-refractivity contribution in [3.63, 3.8) is 0 Å². The van der Waals surface area contributed by atoms with E-state index in [1.165, 1.54) is 35.7 Å². The van der Waals surface area contributed by atoms with Gasteiger partial charge in [-0.05, 0) is 32.7 Å². The molecular formula is C14H25N3S. The van der Waals surface area contributed by atoms with E-state index in [4.69, 9.17) is 0 Å². The summed E-state index contributed by atoms with van der Waals surface area (Å²) in [5.74, 6) is 0.790. The normalized spacial score (nSPS) is 26.0. The van der Waals surface area contributed by atoms with Crippen LogP contribution in [0.4, 0.5) is 5.13 Å². The first-order chi connectivity index (χ1) is 8.63. The van der Waals surface area contributed by atoms with Crippen molar-refractivity contribution < 1.29 is 0 Å². The zero-order valence-corrected chi connectivity index (χ0v) is 12.8. The van der Waals surface area contributed by atoms with E-state index < -0.39 is 0 Å². The van der Waals surface area contributed by atoms with E-state index in [1.807, 2.05) is 24.6 Å². The van der Waals surface area contributed by atoms with Crippen molar-refractivity contribution >= 4 is 16.5 Å². The molecule has 1 fully saturated rings. The quantitative estimate of drug-likeness (QED) is 0.906. The molecule has 1 saturated carbocycles. The second-order valence-electron chi connectivity index (χ2n) is 5.50. The molecule has 0 saturated heterocycles. The van der Waals surface area contributed by atoms with E-state index in [0.717, 1.165) is 5.92 Å². The van der Waals surface area contributed by atoms with Gasteiger partial charge in [-0.2, -0.15) is 0 Å². The molecular weight excluding hydrogens is 242 g/mol. The van der Waals surface area contributed by atoms with E-state index in [1.54, 1.807) is 0 Å². The molecule has 3 nitrogen and oxygen atoms in total. The number of thiazole rings is 1. The van der Waals surface area contributed by atoms with E-state index in [-0.39, 0.29) is 0 Å². The van der Waals surface area contributed by atoms with Gasteiger partial charge in [0.25, 0.3) is 0 Å². The SMILES string of the molecule is CNC(C)c1cnc(N(C)C2CCCCC2C)s1. The van der Waals surface area contributed by atoms with Crippen LogP contribution in [0.3, 0.4) is 0 Å². The smallest absolute Gasteiger partial charge is 0.185 e. The first-order valence-electron chi connectivity index (χ1n) is 6.99. The van der Waals surface area contributed by atoms with Gasteiger partial charge in [0.15, 0.2) is 5.13 Å². The predicted molar refractivity (Wildman–Crippen MR) is 79.4 cm³/mol. The summed E-state index contributed by atoms with van der Waals surface area (Å²) in [7, 11) is 4.20. The Bertz CT molecular complexity index is 377. The Morgan fingerprint density at radius 3 is 2.83 bits per heavy atom. The summed E-state index contributed by atoms with van der Waals surface area (Å²) in [5, 5.41) is 4.45. The molecule has 2 rings (SSSR count). The maximum absolute atomic E-state index is 4.60. The summed E-state index contributed by atoms with van der Waals surface area (Å²) in [6.45, 7) is 4.56. The summed E-state index contributed by atoms with van der Waals surface area (Å²) in [4.78, 5) is 8.32. The van der Waals surface area contributed by atoms with Crippen molar-refractivity contribution in [1.29, 1.82) is 0 Å². The molecule has 0 bridgehead atoms. The van der Waals surface area contributed by atoms with E-state index in [0.29, 0.717) is 12.1 Å². The number of anilines is 1. The summed E-state index contributed by atoms with van der Waals surface area (Å²) in [6, 6.07) is 1.07. The molecule has 18 heavy (non-hydrogen) atoms.